The molecule has 0 fully saturated rings. The maximum Gasteiger partial charge on any atom is 0.303 e. The van der Waals surface area contributed by atoms with E-state index in [2.05, 4.69) is 28.1 Å². The van der Waals surface area contributed by atoms with E-state index >= 15 is 0 Å². The minimum Gasteiger partial charge on any atom is -0.493 e. The second-order valence-corrected chi connectivity index (χ2v) is 11.2. The van der Waals surface area contributed by atoms with Gasteiger partial charge in [-0.15, -0.1) is 0 Å². The fraction of sp³-hybridized carbons (Fsp3) is 0.200. The highest BCUT2D eigenvalue weighted by atomic mass is 79.9. The molecule has 0 saturated heterocycles. The third-order valence-corrected chi connectivity index (χ3v) is 7.41. The number of nitrogens with two attached hydrogens (primary N) is 1. The first kappa shape index (κ1) is 36.6. The number of unbranched alkanes of at least 4 members (excludes halogenated alkanes) is 1. The Morgan fingerprint density at radius 2 is 1.23 bits per heavy atom. The van der Waals surface area contributed by atoms with Crippen LogP contribution >= 0.6 is 15.9 Å². The molecule has 3 N–H and O–H groups in total. The Kier molecular flexibility index (Phi) is 15.8. The van der Waals surface area contributed by atoms with Crippen molar-refractivity contribution in [1.29, 1.82) is 0 Å². The minimum absolute atomic E-state index is 0.158. The van der Waals surface area contributed by atoms with E-state index < -0.39 is 11.9 Å². The van der Waals surface area contributed by atoms with Gasteiger partial charge in [0.15, 0.2) is 0 Å². The van der Waals surface area contributed by atoms with Crippen molar-refractivity contribution in [3.63, 3.8) is 0 Å². The summed E-state index contributed by atoms with van der Waals surface area (Å²) in [6, 6.07) is 41.3. The van der Waals surface area contributed by atoms with Gasteiger partial charge in [0.2, 0.25) is 0 Å². The number of hydrogen-bond acceptors (Lipinski definition) is 4. The lowest BCUT2D eigenvalue weighted by Gasteiger charge is -2.10. The molecule has 47 heavy (non-hydrogen) atoms. The summed E-state index contributed by atoms with van der Waals surface area (Å²) < 4.78 is 12.3. The van der Waals surface area contributed by atoms with E-state index in [1.54, 1.807) is 12.1 Å². The molecule has 5 aromatic rings. The van der Waals surface area contributed by atoms with Gasteiger partial charge in [-0.05, 0) is 90.4 Å². The molecule has 0 aliphatic heterocycles. The number of carboxylic acids is 1. The van der Waals surface area contributed by atoms with Crippen molar-refractivity contribution in [2.24, 2.45) is 5.73 Å². The quantitative estimate of drug-likeness (QED) is 0.119. The van der Waals surface area contributed by atoms with E-state index in [1.807, 2.05) is 117 Å². The molecule has 244 valence electrons. The van der Waals surface area contributed by atoms with Gasteiger partial charge in [-0.2, -0.15) is 0 Å². The normalized spacial score (nSPS) is 10.0. The molecular formula is C40H42BrNO5. The number of aliphatic carboxylic acids is 1. The Morgan fingerprint density at radius 1 is 0.681 bits per heavy atom. The average molecular weight is 697 g/mol. The lowest BCUT2D eigenvalue weighted by molar-refractivity contribution is -0.136. The standard InChI is InChI=1S/C21H18O3.C17H18BrNO2.C2H6/c22-21(23)15-8-16-6-9-17(10-7-16)18-11-13-20(14-12-18)24-19-4-2-1-3-5-19;18-14-9-10-16(15(12-14)17(19)20)21-11-5-4-8-13-6-2-1-3-7-13;1-2/h1-7,9-14H,8,15H2,(H,22,23);1-3,6-7,9-10,12H,4-5,8,11H2,(H2,19,20);1-2H3. The lowest BCUT2D eigenvalue weighted by atomic mass is 10.0. The predicted molar refractivity (Wildman–Crippen MR) is 193 cm³/mol. The maximum atomic E-state index is 11.4. The second-order valence-electron chi connectivity index (χ2n) is 10.3. The van der Waals surface area contributed by atoms with Crippen molar-refractivity contribution in [3.05, 3.63) is 149 Å². The molecule has 6 nitrogen and oxygen atoms in total. The SMILES string of the molecule is CC.NC(=O)c1cc(Br)ccc1OCCCCc1ccccc1.O=C(O)CCc1ccc(-c2ccc(Oc3ccccc3)cc2)cc1. The van der Waals surface area contributed by atoms with Crippen LogP contribution in [0.15, 0.2) is 132 Å². The minimum atomic E-state index is -0.770. The molecule has 5 rings (SSSR count). The summed E-state index contributed by atoms with van der Waals surface area (Å²) in [6.07, 6.45) is 3.73. The van der Waals surface area contributed by atoms with E-state index in [0.29, 0.717) is 24.3 Å². The van der Waals surface area contributed by atoms with Gasteiger partial charge in [0.05, 0.1) is 12.2 Å². The summed E-state index contributed by atoms with van der Waals surface area (Å²) in [6.45, 7) is 4.58. The van der Waals surface area contributed by atoms with Crippen molar-refractivity contribution < 1.29 is 24.2 Å². The highest BCUT2D eigenvalue weighted by molar-refractivity contribution is 9.10. The number of carboxylic acid groups (broad SMARTS) is 1. The van der Waals surface area contributed by atoms with Crippen LogP contribution in [0, 0.1) is 0 Å². The highest BCUT2D eigenvalue weighted by Crippen LogP contribution is 2.26. The number of carbonyl (C=O) groups is 2. The molecule has 0 aromatic heterocycles. The number of primary amides is 1. The Morgan fingerprint density at radius 3 is 1.83 bits per heavy atom. The lowest BCUT2D eigenvalue weighted by Crippen LogP contribution is -2.13. The number of rotatable bonds is 13. The fourth-order valence-electron chi connectivity index (χ4n) is 4.53. The van der Waals surface area contributed by atoms with Crippen molar-refractivity contribution in [2.75, 3.05) is 6.61 Å². The van der Waals surface area contributed by atoms with Gasteiger partial charge in [0.25, 0.3) is 5.91 Å². The molecule has 0 radical (unpaired) electrons. The monoisotopic (exact) mass is 695 g/mol. The first-order valence-corrected chi connectivity index (χ1v) is 16.6. The predicted octanol–water partition coefficient (Wildman–Crippen LogP) is 10.1. The van der Waals surface area contributed by atoms with Gasteiger partial charge in [-0.3, -0.25) is 9.59 Å². The van der Waals surface area contributed by atoms with Crippen molar-refractivity contribution >= 4 is 27.8 Å². The van der Waals surface area contributed by atoms with Gasteiger partial charge in [-0.25, -0.2) is 0 Å². The molecule has 0 unspecified atom stereocenters. The van der Waals surface area contributed by atoms with Gasteiger partial charge < -0.3 is 20.3 Å². The van der Waals surface area contributed by atoms with Crippen molar-refractivity contribution in [2.45, 2.75) is 46.0 Å². The van der Waals surface area contributed by atoms with Crippen molar-refractivity contribution in [3.8, 4) is 28.4 Å². The number of para-hydroxylation sites is 1. The van der Waals surface area contributed by atoms with Crippen LogP contribution in [0.2, 0.25) is 0 Å². The molecule has 0 saturated carbocycles. The largest absolute Gasteiger partial charge is 0.493 e. The molecule has 0 atom stereocenters. The summed E-state index contributed by atoms with van der Waals surface area (Å²) in [5, 5.41) is 8.73. The Bertz CT molecular complexity index is 1640. The molecule has 1 amide bonds. The summed E-state index contributed by atoms with van der Waals surface area (Å²) in [5.74, 6) is 0.908. The van der Waals surface area contributed by atoms with Crippen LogP contribution in [0.3, 0.4) is 0 Å². The zero-order valence-electron chi connectivity index (χ0n) is 26.9. The molecule has 0 spiro atoms. The Balaban J connectivity index is 0.000000245. The second kappa shape index (κ2) is 20.3. The van der Waals surface area contributed by atoms with Crippen LogP contribution in [0.4, 0.5) is 0 Å². The Labute approximate surface area is 286 Å². The number of halogens is 1. The van der Waals surface area contributed by atoms with Gasteiger partial charge in [-0.1, -0.05) is 115 Å². The smallest absolute Gasteiger partial charge is 0.303 e. The first-order chi connectivity index (χ1) is 22.9. The zero-order valence-corrected chi connectivity index (χ0v) is 28.5. The van der Waals surface area contributed by atoms with Crippen LogP contribution in [-0.4, -0.2) is 23.6 Å². The van der Waals surface area contributed by atoms with Crippen LogP contribution in [0.1, 0.15) is 54.6 Å². The van der Waals surface area contributed by atoms with Crippen LogP contribution in [0.5, 0.6) is 17.2 Å². The van der Waals surface area contributed by atoms with E-state index in [-0.39, 0.29) is 6.42 Å². The molecule has 7 heteroatoms. The van der Waals surface area contributed by atoms with Crippen molar-refractivity contribution in [1.82, 2.24) is 0 Å². The molecular weight excluding hydrogens is 654 g/mol. The number of carbonyl (C=O) groups excluding carboxylic acids is 1. The highest BCUT2D eigenvalue weighted by Gasteiger charge is 2.10. The van der Waals surface area contributed by atoms with Gasteiger partial charge in [0, 0.05) is 10.9 Å². The average Bonchev–Trinajstić information content (AvgIpc) is 3.10. The number of aryl methyl sites for hydroxylation is 2. The van der Waals surface area contributed by atoms with E-state index in [9.17, 15) is 9.59 Å². The zero-order chi connectivity index (χ0) is 33.9. The number of hydrogen-bond donors (Lipinski definition) is 2. The number of ether oxygens (including phenoxy) is 2. The summed E-state index contributed by atoms with van der Waals surface area (Å²) in [7, 11) is 0. The molecule has 0 bridgehead atoms. The van der Waals surface area contributed by atoms with E-state index in [1.165, 1.54) is 5.56 Å². The van der Waals surface area contributed by atoms with E-state index in [4.69, 9.17) is 20.3 Å². The molecule has 0 heterocycles. The van der Waals surface area contributed by atoms with Gasteiger partial charge >= 0.3 is 5.97 Å². The molecule has 0 aliphatic carbocycles. The van der Waals surface area contributed by atoms with Crippen LogP contribution in [0.25, 0.3) is 11.1 Å². The van der Waals surface area contributed by atoms with Crippen LogP contribution < -0.4 is 15.2 Å². The number of benzene rings is 5. The topological polar surface area (TPSA) is 98.9 Å². The number of amides is 1. The Hall–Kier alpha value is -4.88. The maximum absolute atomic E-state index is 11.4. The van der Waals surface area contributed by atoms with Crippen LogP contribution in [-0.2, 0) is 17.6 Å². The van der Waals surface area contributed by atoms with Gasteiger partial charge in [0.1, 0.15) is 17.2 Å². The fourth-order valence-corrected chi connectivity index (χ4v) is 4.89. The summed E-state index contributed by atoms with van der Waals surface area (Å²) in [5.41, 5.74) is 10.3. The molecule has 5 aromatic carbocycles. The van der Waals surface area contributed by atoms with E-state index in [0.717, 1.165) is 51.9 Å². The molecule has 0 aliphatic rings. The summed E-state index contributed by atoms with van der Waals surface area (Å²) in [4.78, 5) is 22.0. The third-order valence-electron chi connectivity index (χ3n) is 6.92. The summed E-state index contributed by atoms with van der Waals surface area (Å²) >= 11 is 3.32. The third kappa shape index (κ3) is 13.2. The first-order valence-electron chi connectivity index (χ1n) is 15.8.